The number of benzene rings is 1. The molecule has 18 heavy (non-hydrogen) atoms. The molecule has 0 atom stereocenters. The third-order valence-electron chi connectivity index (χ3n) is 3.43. The largest absolute Gasteiger partial charge is 0.309 e. The summed E-state index contributed by atoms with van der Waals surface area (Å²) in [5.41, 5.74) is 4.29. The van der Waals surface area contributed by atoms with E-state index in [1.54, 1.807) is 0 Å². The Hall–Kier alpha value is -1.61. The first kappa shape index (κ1) is 12.8. The van der Waals surface area contributed by atoms with Crippen LogP contribution < -0.4 is 10.2 Å². The zero-order valence-corrected chi connectivity index (χ0v) is 11.3. The molecule has 1 aromatic rings. The summed E-state index contributed by atoms with van der Waals surface area (Å²) < 4.78 is 0. The summed E-state index contributed by atoms with van der Waals surface area (Å²) in [6.07, 6.45) is 0. The monoisotopic (exact) mass is 244 g/mol. The van der Waals surface area contributed by atoms with Crippen molar-refractivity contribution < 1.29 is 4.79 Å². The zero-order chi connectivity index (χ0) is 13.1. The summed E-state index contributed by atoms with van der Waals surface area (Å²) in [7, 11) is 0. The summed E-state index contributed by atoms with van der Waals surface area (Å²) in [6, 6.07) is 8.10. The Morgan fingerprint density at radius 3 is 2.33 bits per heavy atom. The number of aryl methyl sites for hydroxylation is 1. The van der Waals surface area contributed by atoms with Gasteiger partial charge < -0.3 is 10.2 Å². The Labute approximate surface area is 108 Å². The van der Waals surface area contributed by atoms with Gasteiger partial charge in [0.15, 0.2) is 0 Å². The number of carbonyl (C=O) groups excluding carboxylic acids is 1. The van der Waals surface area contributed by atoms with Gasteiger partial charge in [-0.3, -0.25) is 4.79 Å². The Balaban J connectivity index is 2.23. The van der Waals surface area contributed by atoms with Gasteiger partial charge in [-0.2, -0.15) is 0 Å². The Morgan fingerprint density at radius 2 is 1.89 bits per heavy atom. The van der Waals surface area contributed by atoms with Crippen LogP contribution in [0.25, 0.3) is 0 Å². The second-order valence-electron chi connectivity index (χ2n) is 4.72. The van der Waals surface area contributed by atoms with Crippen LogP contribution in [-0.2, 0) is 4.79 Å². The molecule has 0 aromatic heterocycles. The lowest BCUT2D eigenvalue weighted by Gasteiger charge is -2.26. The van der Waals surface area contributed by atoms with Crippen molar-refractivity contribution in [2.45, 2.75) is 20.8 Å². The first-order valence-corrected chi connectivity index (χ1v) is 6.41. The van der Waals surface area contributed by atoms with E-state index in [0.717, 1.165) is 24.4 Å². The van der Waals surface area contributed by atoms with Gasteiger partial charge in [0, 0.05) is 30.9 Å². The highest BCUT2D eigenvalue weighted by atomic mass is 16.2. The quantitative estimate of drug-likeness (QED) is 0.827. The van der Waals surface area contributed by atoms with Crippen molar-refractivity contribution in [3.8, 4) is 0 Å². The maximum atomic E-state index is 12.4. The molecule has 1 saturated heterocycles. The molecular weight excluding hydrogens is 224 g/mol. The van der Waals surface area contributed by atoms with E-state index in [0.29, 0.717) is 6.54 Å². The minimum Gasteiger partial charge on any atom is -0.309 e. The highest BCUT2D eigenvalue weighted by Gasteiger charge is 2.21. The second-order valence-corrected chi connectivity index (χ2v) is 4.72. The van der Waals surface area contributed by atoms with Gasteiger partial charge in [0.1, 0.15) is 0 Å². The van der Waals surface area contributed by atoms with Crippen molar-refractivity contribution in [3.63, 3.8) is 0 Å². The summed E-state index contributed by atoms with van der Waals surface area (Å²) in [5.74, 6) is 0.123. The lowest BCUT2D eigenvalue weighted by molar-refractivity contribution is -0.115. The van der Waals surface area contributed by atoms with Gasteiger partial charge in [-0.15, -0.1) is 0 Å². The van der Waals surface area contributed by atoms with Gasteiger partial charge in [0.25, 0.3) is 5.91 Å². The molecule has 1 amide bonds. The van der Waals surface area contributed by atoms with E-state index in [2.05, 4.69) is 12.2 Å². The van der Waals surface area contributed by atoms with Crippen molar-refractivity contribution in [1.82, 2.24) is 5.32 Å². The molecule has 0 aliphatic carbocycles. The van der Waals surface area contributed by atoms with E-state index in [4.69, 9.17) is 0 Å². The van der Waals surface area contributed by atoms with Gasteiger partial charge in [-0.25, -0.2) is 0 Å². The third-order valence-corrected chi connectivity index (χ3v) is 3.43. The predicted molar refractivity (Wildman–Crippen MR) is 74.8 cm³/mol. The topological polar surface area (TPSA) is 32.3 Å². The molecule has 1 aliphatic heterocycles. The van der Waals surface area contributed by atoms with Crippen molar-refractivity contribution in [2.75, 3.05) is 24.5 Å². The molecule has 1 aromatic carbocycles. The van der Waals surface area contributed by atoms with Crippen molar-refractivity contribution in [3.05, 3.63) is 41.0 Å². The van der Waals surface area contributed by atoms with Crippen LogP contribution in [0.4, 0.5) is 5.69 Å². The van der Waals surface area contributed by atoms with E-state index in [1.807, 2.05) is 43.0 Å². The molecule has 1 heterocycles. The van der Waals surface area contributed by atoms with Crippen molar-refractivity contribution in [2.24, 2.45) is 0 Å². The number of likely N-dealkylation sites (N-methyl/N-ethyl adjacent to an activating group) is 1. The van der Waals surface area contributed by atoms with Gasteiger partial charge in [0.05, 0.1) is 0 Å². The fraction of sp³-hybridized carbons (Fsp3) is 0.400. The molecule has 3 nitrogen and oxygen atoms in total. The maximum Gasteiger partial charge on any atom is 0.253 e. The minimum atomic E-state index is 0.123. The smallest absolute Gasteiger partial charge is 0.253 e. The van der Waals surface area contributed by atoms with Crippen LogP contribution in [0.1, 0.15) is 19.4 Å². The molecule has 0 spiro atoms. The van der Waals surface area contributed by atoms with E-state index < -0.39 is 0 Å². The van der Waals surface area contributed by atoms with E-state index in [-0.39, 0.29) is 5.91 Å². The lowest BCUT2D eigenvalue weighted by Crippen LogP contribution is -2.39. The molecule has 96 valence electrons. The molecule has 1 fully saturated rings. The van der Waals surface area contributed by atoms with Crippen LogP contribution >= 0.6 is 0 Å². The molecule has 0 unspecified atom stereocenters. The third kappa shape index (κ3) is 2.46. The number of hydrogen-bond donors (Lipinski definition) is 1. The fourth-order valence-corrected chi connectivity index (χ4v) is 2.04. The van der Waals surface area contributed by atoms with E-state index in [9.17, 15) is 4.79 Å². The Bertz CT molecular complexity index is 468. The van der Waals surface area contributed by atoms with Crippen molar-refractivity contribution >= 4 is 11.6 Å². The van der Waals surface area contributed by atoms with Crippen LogP contribution in [0.2, 0.25) is 0 Å². The second kappa shape index (κ2) is 5.36. The molecular formula is C15H20N2O. The summed E-state index contributed by atoms with van der Waals surface area (Å²) in [6.45, 7) is 8.38. The summed E-state index contributed by atoms with van der Waals surface area (Å²) >= 11 is 0. The van der Waals surface area contributed by atoms with Crippen LogP contribution in [0.5, 0.6) is 0 Å². The van der Waals surface area contributed by atoms with Crippen LogP contribution in [0.3, 0.4) is 0 Å². The summed E-state index contributed by atoms with van der Waals surface area (Å²) in [5, 5.41) is 3.17. The predicted octanol–water partition coefficient (Wildman–Crippen LogP) is 2.27. The van der Waals surface area contributed by atoms with E-state index in [1.165, 1.54) is 11.1 Å². The lowest BCUT2D eigenvalue weighted by atomic mass is 10.0. The van der Waals surface area contributed by atoms with Crippen LogP contribution in [0.15, 0.2) is 35.4 Å². The van der Waals surface area contributed by atoms with Crippen molar-refractivity contribution in [1.29, 1.82) is 0 Å². The maximum absolute atomic E-state index is 12.4. The number of carbonyl (C=O) groups is 1. The number of rotatable bonds is 3. The van der Waals surface area contributed by atoms with Gasteiger partial charge in [-0.1, -0.05) is 17.7 Å². The molecule has 1 aliphatic rings. The molecule has 1 N–H and O–H groups in total. The molecule has 0 radical (unpaired) electrons. The Morgan fingerprint density at radius 1 is 1.28 bits per heavy atom. The summed E-state index contributed by atoms with van der Waals surface area (Å²) in [4.78, 5) is 14.3. The van der Waals surface area contributed by atoms with Gasteiger partial charge in [-0.05, 0) is 38.5 Å². The molecule has 0 saturated carbocycles. The molecule has 3 heteroatoms. The van der Waals surface area contributed by atoms with Crippen LogP contribution in [-0.4, -0.2) is 25.5 Å². The van der Waals surface area contributed by atoms with E-state index >= 15 is 0 Å². The standard InChI is InChI=1S/C15H20N2O/c1-4-17(14-7-5-11(2)6-8-14)15(18)12(3)13-9-16-10-13/h5-8,16H,4,9-10H2,1-3H3. The highest BCUT2D eigenvalue weighted by Crippen LogP contribution is 2.19. The molecule has 2 rings (SSSR count). The number of hydrogen-bond acceptors (Lipinski definition) is 2. The van der Waals surface area contributed by atoms with Gasteiger partial charge in [0.2, 0.25) is 0 Å². The Kier molecular flexibility index (Phi) is 3.82. The number of nitrogens with zero attached hydrogens (tertiary/aromatic N) is 1. The number of amides is 1. The first-order chi connectivity index (χ1) is 8.63. The average Bonchev–Trinajstić information content (AvgIpc) is 2.30. The minimum absolute atomic E-state index is 0.123. The highest BCUT2D eigenvalue weighted by molar-refractivity contribution is 6.05. The average molecular weight is 244 g/mol. The van der Waals surface area contributed by atoms with Gasteiger partial charge >= 0.3 is 0 Å². The zero-order valence-electron chi connectivity index (χ0n) is 11.3. The SMILES string of the molecule is CCN(C(=O)C(C)=C1CNC1)c1ccc(C)cc1. The fourth-order valence-electron chi connectivity index (χ4n) is 2.04. The first-order valence-electron chi connectivity index (χ1n) is 6.41. The van der Waals surface area contributed by atoms with Crippen LogP contribution in [0, 0.1) is 6.92 Å². The number of nitrogens with one attached hydrogen (secondary N) is 1. The normalized spacial score (nSPS) is 14.1. The molecule has 0 bridgehead atoms. The number of anilines is 1.